The molecule has 0 saturated carbocycles. The summed E-state index contributed by atoms with van der Waals surface area (Å²) in [5.74, 6) is -0.307. The molecule has 0 bridgehead atoms. The van der Waals surface area contributed by atoms with E-state index in [1.165, 1.54) is 28.8 Å². The van der Waals surface area contributed by atoms with Crippen LogP contribution < -0.4 is 5.32 Å². The molecule has 4 rings (SSSR count). The minimum atomic E-state index is -0.252. The van der Waals surface area contributed by atoms with Gasteiger partial charge in [0.1, 0.15) is 5.82 Å². The number of hydrogen-bond donors (Lipinski definition) is 1. The van der Waals surface area contributed by atoms with E-state index in [0.29, 0.717) is 5.56 Å². The summed E-state index contributed by atoms with van der Waals surface area (Å²) in [7, 11) is 0. The first kappa shape index (κ1) is 22.2. The first-order valence-corrected chi connectivity index (χ1v) is 11.6. The number of rotatable bonds is 7. The van der Waals surface area contributed by atoms with Gasteiger partial charge >= 0.3 is 0 Å². The normalized spacial score (nSPS) is 15.4. The third kappa shape index (κ3) is 5.08. The van der Waals surface area contributed by atoms with Crippen molar-refractivity contribution >= 4 is 5.91 Å². The highest BCUT2D eigenvalue weighted by atomic mass is 19.1. The largest absolute Gasteiger partial charge is 0.345 e. The summed E-state index contributed by atoms with van der Waals surface area (Å²) in [5, 5.41) is 3.24. The Morgan fingerprint density at radius 1 is 0.969 bits per heavy atom. The van der Waals surface area contributed by atoms with Gasteiger partial charge in [0, 0.05) is 12.1 Å². The van der Waals surface area contributed by atoms with Crippen molar-refractivity contribution in [3.8, 4) is 11.1 Å². The molecule has 0 spiro atoms. The maximum atomic E-state index is 13.2. The van der Waals surface area contributed by atoms with Gasteiger partial charge in [0.2, 0.25) is 0 Å². The van der Waals surface area contributed by atoms with Gasteiger partial charge in [-0.05, 0) is 84.4 Å². The second-order valence-corrected chi connectivity index (χ2v) is 8.50. The maximum absolute atomic E-state index is 13.2. The van der Waals surface area contributed by atoms with Gasteiger partial charge in [0.25, 0.3) is 5.91 Å². The molecule has 0 fully saturated rings. The predicted molar refractivity (Wildman–Crippen MR) is 128 cm³/mol. The van der Waals surface area contributed by atoms with Crippen LogP contribution in [0.15, 0.2) is 66.7 Å². The lowest BCUT2D eigenvalue weighted by Crippen LogP contribution is -2.31. The number of carbonyl (C=O) groups is 1. The first-order chi connectivity index (χ1) is 15.6. The monoisotopic (exact) mass is 430 g/mol. The highest BCUT2D eigenvalue weighted by Gasteiger charge is 2.22. The summed E-state index contributed by atoms with van der Waals surface area (Å²) in [6.07, 6.45) is 3.11. The Bertz CT molecular complexity index is 1060. The van der Waals surface area contributed by atoms with E-state index in [4.69, 9.17) is 0 Å². The zero-order chi connectivity index (χ0) is 22.5. The van der Waals surface area contributed by atoms with Gasteiger partial charge in [-0.25, -0.2) is 4.39 Å². The Labute approximate surface area is 190 Å². The fourth-order valence-electron chi connectivity index (χ4n) is 4.52. The number of aryl methyl sites for hydroxylation is 1. The molecule has 0 aromatic heterocycles. The van der Waals surface area contributed by atoms with E-state index in [1.807, 2.05) is 24.3 Å². The fourth-order valence-corrected chi connectivity index (χ4v) is 4.52. The molecule has 1 N–H and O–H groups in total. The van der Waals surface area contributed by atoms with Crippen LogP contribution in [0.2, 0.25) is 0 Å². The average molecular weight is 431 g/mol. The molecule has 3 aromatic carbocycles. The molecule has 3 nitrogen and oxygen atoms in total. The van der Waals surface area contributed by atoms with Gasteiger partial charge in [-0.2, -0.15) is 0 Å². The Balaban J connectivity index is 1.45. The topological polar surface area (TPSA) is 32.3 Å². The number of nitrogens with one attached hydrogen (secondary N) is 1. The number of fused-ring (bicyclic) bond motifs is 1. The number of nitrogens with zero attached hydrogens (tertiary/aromatic N) is 1. The summed E-state index contributed by atoms with van der Waals surface area (Å²) in [6, 6.07) is 20.7. The van der Waals surface area contributed by atoms with Gasteiger partial charge in [-0.15, -0.1) is 0 Å². The van der Waals surface area contributed by atoms with E-state index in [9.17, 15) is 9.18 Å². The molecule has 3 aromatic rings. The third-order valence-electron chi connectivity index (χ3n) is 6.45. The van der Waals surface area contributed by atoms with Crippen LogP contribution in [0.4, 0.5) is 4.39 Å². The second-order valence-electron chi connectivity index (χ2n) is 8.50. The van der Waals surface area contributed by atoms with E-state index in [-0.39, 0.29) is 17.8 Å². The second kappa shape index (κ2) is 10.1. The molecule has 0 aliphatic heterocycles. The molecule has 0 heterocycles. The van der Waals surface area contributed by atoms with Crippen molar-refractivity contribution < 1.29 is 9.18 Å². The van der Waals surface area contributed by atoms with Crippen molar-refractivity contribution in [2.75, 3.05) is 13.1 Å². The van der Waals surface area contributed by atoms with E-state index in [1.54, 1.807) is 12.1 Å². The maximum Gasteiger partial charge on any atom is 0.251 e. The molecular weight excluding hydrogens is 399 g/mol. The SMILES string of the molecule is CCN(CC)Cc1ccc2c(c1)CCCC2NC(=O)c1ccc(-c2ccc(F)cc2)cc1. The number of amides is 1. The molecule has 166 valence electrons. The molecule has 1 atom stereocenters. The molecule has 0 saturated heterocycles. The standard InChI is InChI=1S/C28H31FN2O/c1-3-31(4-2)19-20-8-17-26-24(18-20)6-5-7-27(26)30-28(32)23-11-9-21(10-12-23)22-13-15-25(29)16-14-22/h8-18,27H,3-7,19H2,1-2H3,(H,30,32). The Kier molecular flexibility index (Phi) is 7.01. The Morgan fingerprint density at radius 2 is 1.62 bits per heavy atom. The van der Waals surface area contributed by atoms with Gasteiger partial charge in [0.15, 0.2) is 0 Å². The lowest BCUT2D eigenvalue weighted by molar-refractivity contribution is 0.0933. The van der Waals surface area contributed by atoms with Crippen LogP contribution in [-0.4, -0.2) is 23.9 Å². The van der Waals surface area contributed by atoms with Crippen LogP contribution >= 0.6 is 0 Å². The zero-order valence-electron chi connectivity index (χ0n) is 18.9. The highest BCUT2D eigenvalue weighted by Crippen LogP contribution is 2.31. The quantitative estimate of drug-likeness (QED) is 0.488. The van der Waals surface area contributed by atoms with Gasteiger partial charge in [0.05, 0.1) is 6.04 Å². The molecular formula is C28H31FN2O. The van der Waals surface area contributed by atoms with Gasteiger partial charge in [-0.1, -0.05) is 56.3 Å². The van der Waals surface area contributed by atoms with Crippen LogP contribution in [0.25, 0.3) is 11.1 Å². The zero-order valence-corrected chi connectivity index (χ0v) is 18.9. The molecule has 32 heavy (non-hydrogen) atoms. The van der Waals surface area contributed by atoms with Crippen LogP contribution in [0, 0.1) is 5.82 Å². The lowest BCUT2D eigenvalue weighted by Gasteiger charge is -2.28. The van der Waals surface area contributed by atoms with Crippen molar-refractivity contribution in [3.05, 3.63) is 94.8 Å². The summed E-state index contributed by atoms with van der Waals surface area (Å²) < 4.78 is 13.2. The molecule has 1 aliphatic carbocycles. The Morgan fingerprint density at radius 3 is 2.28 bits per heavy atom. The third-order valence-corrected chi connectivity index (χ3v) is 6.45. The van der Waals surface area contributed by atoms with E-state index in [0.717, 1.165) is 50.0 Å². The highest BCUT2D eigenvalue weighted by molar-refractivity contribution is 5.95. The molecule has 0 radical (unpaired) electrons. The lowest BCUT2D eigenvalue weighted by atomic mass is 9.86. The van der Waals surface area contributed by atoms with Crippen molar-refractivity contribution in [2.45, 2.75) is 45.7 Å². The molecule has 4 heteroatoms. The van der Waals surface area contributed by atoms with Gasteiger partial charge in [-0.3, -0.25) is 9.69 Å². The average Bonchev–Trinajstić information content (AvgIpc) is 2.83. The van der Waals surface area contributed by atoms with Gasteiger partial charge < -0.3 is 5.32 Å². The predicted octanol–water partition coefficient (Wildman–Crippen LogP) is 6.14. The van der Waals surface area contributed by atoms with Crippen molar-refractivity contribution in [2.24, 2.45) is 0 Å². The fraction of sp³-hybridized carbons (Fsp3) is 0.321. The molecule has 1 amide bonds. The van der Waals surface area contributed by atoms with Crippen LogP contribution in [-0.2, 0) is 13.0 Å². The van der Waals surface area contributed by atoms with Crippen molar-refractivity contribution in [1.82, 2.24) is 10.2 Å². The van der Waals surface area contributed by atoms with Crippen LogP contribution in [0.5, 0.6) is 0 Å². The minimum absolute atomic E-state index is 0.0468. The summed E-state index contributed by atoms with van der Waals surface area (Å²) in [6.45, 7) is 7.45. The van der Waals surface area contributed by atoms with Crippen LogP contribution in [0.1, 0.15) is 59.8 Å². The minimum Gasteiger partial charge on any atom is -0.345 e. The van der Waals surface area contributed by atoms with Crippen LogP contribution in [0.3, 0.4) is 0 Å². The first-order valence-electron chi connectivity index (χ1n) is 11.6. The summed E-state index contributed by atoms with van der Waals surface area (Å²) in [5.41, 5.74) is 6.48. The number of halogens is 1. The van der Waals surface area contributed by atoms with E-state index < -0.39 is 0 Å². The smallest absolute Gasteiger partial charge is 0.251 e. The number of benzene rings is 3. The van der Waals surface area contributed by atoms with E-state index in [2.05, 4.69) is 42.3 Å². The number of hydrogen-bond acceptors (Lipinski definition) is 2. The Hall–Kier alpha value is -2.98. The molecule has 1 aliphatic rings. The van der Waals surface area contributed by atoms with Crippen molar-refractivity contribution in [1.29, 1.82) is 0 Å². The number of carbonyl (C=O) groups excluding carboxylic acids is 1. The molecule has 1 unspecified atom stereocenters. The summed E-state index contributed by atoms with van der Waals surface area (Å²) in [4.78, 5) is 15.4. The summed E-state index contributed by atoms with van der Waals surface area (Å²) >= 11 is 0. The van der Waals surface area contributed by atoms with E-state index >= 15 is 0 Å². The van der Waals surface area contributed by atoms with Crippen molar-refractivity contribution in [3.63, 3.8) is 0 Å².